The lowest BCUT2D eigenvalue weighted by Gasteiger charge is -2.13. The van der Waals surface area contributed by atoms with E-state index in [-0.39, 0.29) is 5.91 Å². The third-order valence-electron chi connectivity index (χ3n) is 6.44. The Labute approximate surface area is 211 Å². The standard InChI is InChI=1S/C29H33N3O2S/c1-6-7-14-30-28(33)25-16-27(32(21(25)4)17-22-9-8-19(2)20(3)15-22)26-18-35-29(31-26)23-10-12-24(34-5)13-11-23/h8-13,15-16,18H,6-7,14,17H2,1-5H3,(H,30,33). The molecule has 2 aromatic carbocycles. The van der Waals surface area contributed by atoms with Gasteiger partial charge in [0.05, 0.1) is 24.1 Å². The van der Waals surface area contributed by atoms with Gasteiger partial charge in [-0.1, -0.05) is 31.5 Å². The Morgan fingerprint density at radius 1 is 1.06 bits per heavy atom. The van der Waals surface area contributed by atoms with Gasteiger partial charge in [-0.15, -0.1) is 11.3 Å². The van der Waals surface area contributed by atoms with Gasteiger partial charge in [0.15, 0.2) is 0 Å². The minimum Gasteiger partial charge on any atom is -0.497 e. The van der Waals surface area contributed by atoms with Gasteiger partial charge in [-0.25, -0.2) is 4.98 Å². The summed E-state index contributed by atoms with van der Waals surface area (Å²) >= 11 is 1.60. The molecule has 0 aliphatic rings. The molecule has 182 valence electrons. The molecule has 0 saturated carbocycles. The van der Waals surface area contributed by atoms with Crippen LogP contribution in [0.4, 0.5) is 0 Å². The normalized spacial score (nSPS) is 11.0. The highest BCUT2D eigenvalue weighted by atomic mass is 32.1. The molecule has 0 unspecified atom stereocenters. The molecule has 6 heteroatoms. The molecule has 5 nitrogen and oxygen atoms in total. The monoisotopic (exact) mass is 487 g/mol. The van der Waals surface area contributed by atoms with Crippen molar-refractivity contribution >= 4 is 17.2 Å². The van der Waals surface area contributed by atoms with Crippen LogP contribution in [0.5, 0.6) is 5.75 Å². The number of nitrogens with zero attached hydrogens (tertiary/aromatic N) is 2. The summed E-state index contributed by atoms with van der Waals surface area (Å²) in [5, 5.41) is 6.08. The number of methoxy groups -OCH3 is 1. The predicted octanol–water partition coefficient (Wildman–Crippen LogP) is 6.79. The highest BCUT2D eigenvalue weighted by Crippen LogP contribution is 2.33. The first-order valence-electron chi connectivity index (χ1n) is 12.1. The van der Waals surface area contributed by atoms with Crippen LogP contribution in [0.2, 0.25) is 0 Å². The van der Waals surface area contributed by atoms with Crippen molar-refractivity contribution in [3.63, 3.8) is 0 Å². The van der Waals surface area contributed by atoms with Crippen LogP contribution in [-0.2, 0) is 6.54 Å². The summed E-state index contributed by atoms with van der Waals surface area (Å²) < 4.78 is 7.50. The minimum atomic E-state index is -0.0263. The fourth-order valence-electron chi connectivity index (χ4n) is 4.11. The number of aromatic nitrogens is 2. The Balaban J connectivity index is 1.72. The second-order valence-electron chi connectivity index (χ2n) is 8.91. The summed E-state index contributed by atoms with van der Waals surface area (Å²) in [6.07, 6.45) is 2.02. The zero-order chi connectivity index (χ0) is 24.9. The van der Waals surface area contributed by atoms with E-state index < -0.39 is 0 Å². The molecule has 2 aromatic heterocycles. The van der Waals surface area contributed by atoms with Crippen LogP contribution >= 0.6 is 11.3 Å². The maximum atomic E-state index is 13.0. The van der Waals surface area contributed by atoms with Gasteiger partial charge in [-0.2, -0.15) is 0 Å². The Hall–Kier alpha value is -3.38. The average Bonchev–Trinajstić information content (AvgIpc) is 3.47. The Kier molecular flexibility index (Phi) is 7.71. The summed E-state index contributed by atoms with van der Waals surface area (Å²) in [5.41, 5.74) is 8.28. The number of amides is 1. The van der Waals surface area contributed by atoms with E-state index >= 15 is 0 Å². The number of ether oxygens (including phenoxy) is 1. The third-order valence-corrected chi connectivity index (χ3v) is 7.33. The van der Waals surface area contributed by atoms with Crippen molar-refractivity contribution in [3.05, 3.63) is 81.9 Å². The number of thiazole rings is 1. The predicted molar refractivity (Wildman–Crippen MR) is 145 cm³/mol. The first kappa shape index (κ1) is 24.7. The summed E-state index contributed by atoms with van der Waals surface area (Å²) in [7, 11) is 1.67. The molecule has 0 spiro atoms. The number of rotatable bonds is 9. The molecule has 4 aromatic rings. The van der Waals surface area contributed by atoms with E-state index in [0.717, 1.165) is 46.2 Å². The Morgan fingerprint density at radius 2 is 1.83 bits per heavy atom. The zero-order valence-corrected chi connectivity index (χ0v) is 22.0. The maximum Gasteiger partial charge on any atom is 0.253 e. The number of benzene rings is 2. The first-order chi connectivity index (χ1) is 16.9. The van der Waals surface area contributed by atoms with E-state index in [1.807, 2.05) is 37.3 Å². The van der Waals surface area contributed by atoms with Gasteiger partial charge in [0.2, 0.25) is 0 Å². The Morgan fingerprint density at radius 3 is 2.51 bits per heavy atom. The third kappa shape index (κ3) is 5.49. The van der Waals surface area contributed by atoms with Crippen molar-refractivity contribution in [2.45, 2.75) is 47.1 Å². The average molecular weight is 488 g/mol. The van der Waals surface area contributed by atoms with E-state index in [1.165, 1.54) is 16.7 Å². The molecule has 2 heterocycles. The van der Waals surface area contributed by atoms with Gasteiger partial charge in [0.25, 0.3) is 5.91 Å². The van der Waals surface area contributed by atoms with Gasteiger partial charge in [0, 0.05) is 29.7 Å². The van der Waals surface area contributed by atoms with Gasteiger partial charge >= 0.3 is 0 Å². The molecule has 0 fully saturated rings. The number of hydrogen-bond acceptors (Lipinski definition) is 4. The molecule has 1 N–H and O–H groups in total. The Bertz CT molecular complexity index is 1320. The molecule has 0 atom stereocenters. The highest BCUT2D eigenvalue weighted by Gasteiger charge is 2.20. The molecule has 0 aliphatic carbocycles. The molecule has 35 heavy (non-hydrogen) atoms. The second kappa shape index (κ2) is 10.9. The second-order valence-corrected chi connectivity index (χ2v) is 9.77. The summed E-state index contributed by atoms with van der Waals surface area (Å²) in [6, 6.07) is 16.5. The van der Waals surface area contributed by atoms with E-state index in [2.05, 4.69) is 54.2 Å². The molecule has 1 amide bonds. The summed E-state index contributed by atoms with van der Waals surface area (Å²) in [4.78, 5) is 18.0. The fourth-order valence-corrected chi connectivity index (χ4v) is 4.93. The number of nitrogens with one attached hydrogen (secondary N) is 1. The van der Waals surface area contributed by atoms with Crippen molar-refractivity contribution in [2.75, 3.05) is 13.7 Å². The summed E-state index contributed by atoms with van der Waals surface area (Å²) in [6.45, 7) is 9.77. The van der Waals surface area contributed by atoms with Gasteiger partial charge in [0.1, 0.15) is 10.8 Å². The lowest BCUT2D eigenvalue weighted by molar-refractivity contribution is 0.0952. The largest absolute Gasteiger partial charge is 0.497 e. The van der Waals surface area contributed by atoms with E-state index in [4.69, 9.17) is 9.72 Å². The molecular formula is C29H33N3O2S. The zero-order valence-electron chi connectivity index (χ0n) is 21.1. The highest BCUT2D eigenvalue weighted by molar-refractivity contribution is 7.13. The minimum absolute atomic E-state index is 0.0263. The van der Waals surface area contributed by atoms with Crippen molar-refractivity contribution in [1.82, 2.24) is 14.9 Å². The molecule has 0 bridgehead atoms. The molecular weight excluding hydrogens is 454 g/mol. The maximum absolute atomic E-state index is 13.0. The van der Waals surface area contributed by atoms with Crippen LogP contribution in [0, 0.1) is 20.8 Å². The fraction of sp³-hybridized carbons (Fsp3) is 0.310. The molecule has 0 aliphatic heterocycles. The van der Waals surface area contributed by atoms with Gasteiger partial charge in [-0.3, -0.25) is 4.79 Å². The first-order valence-corrected chi connectivity index (χ1v) is 12.9. The topological polar surface area (TPSA) is 56.1 Å². The van der Waals surface area contributed by atoms with Crippen LogP contribution in [-0.4, -0.2) is 29.1 Å². The van der Waals surface area contributed by atoms with Crippen LogP contribution in [0.15, 0.2) is 53.9 Å². The molecule has 0 saturated heterocycles. The summed E-state index contributed by atoms with van der Waals surface area (Å²) in [5.74, 6) is 0.795. The van der Waals surface area contributed by atoms with Gasteiger partial charge in [-0.05, 0) is 74.2 Å². The van der Waals surface area contributed by atoms with Crippen LogP contribution in [0.3, 0.4) is 0 Å². The number of carbonyl (C=O) groups is 1. The number of carbonyl (C=O) groups excluding carboxylic acids is 1. The van der Waals surface area contributed by atoms with Crippen LogP contribution < -0.4 is 10.1 Å². The number of hydrogen-bond donors (Lipinski definition) is 1. The van der Waals surface area contributed by atoms with E-state index in [1.54, 1.807) is 18.4 Å². The number of unbranched alkanes of at least 4 members (excludes halogenated alkanes) is 1. The lowest BCUT2D eigenvalue weighted by atomic mass is 10.1. The van der Waals surface area contributed by atoms with Crippen molar-refractivity contribution < 1.29 is 9.53 Å². The number of aryl methyl sites for hydroxylation is 2. The smallest absolute Gasteiger partial charge is 0.253 e. The van der Waals surface area contributed by atoms with Gasteiger partial charge < -0.3 is 14.6 Å². The van der Waals surface area contributed by atoms with E-state index in [9.17, 15) is 4.79 Å². The van der Waals surface area contributed by atoms with E-state index in [0.29, 0.717) is 18.7 Å². The SMILES string of the molecule is CCCCNC(=O)c1cc(-c2csc(-c3ccc(OC)cc3)n2)n(Cc2ccc(C)c(C)c2)c1C. The molecule has 0 radical (unpaired) electrons. The van der Waals surface area contributed by atoms with Crippen molar-refractivity contribution in [2.24, 2.45) is 0 Å². The van der Waals surface area contributed by atoms with Crippen molar-refractivity contribution in [1.29, 1.82) is 0 Å². The molecule has 4 rings (SSSR count). The van der Waals surface area contributed by atoms with Crippen molar-refractivity contribution in [3.8, 4) is 27.7 Å². The lowest BCUT2D eigenvalue weighted by Crippen LogP contribution is -2.24. The van der Waals surface area contributed by atoms with Crippen LogP contribution in [0.25, 0.3) is 22.0 Å². The van der Waals surface area contributed by atoms with Crippen LogP contribution in [0.1, 0.15) is 52.5 Å². The quantitative estimate of drug-likeness (QED) is 0.264.